The van der Waals surface area contributed by atoms with Crippen LogP contribution in [0.4, 0.5) is 8.78 Å². The molecule has 10 nitrogen and oxygen atoms in total. The van der Waals surface area contributed by atoms with Crippen LogP contribution in [0.5, 0.6) is 5.75 Å². The maximum Gasteiger partial charge on any atom is 0.387 e. The van der Waals surface area contributed by atoms with E-state index in [1.54, 1.807) is 12.1 Å². The average Bonchev–Trinajstić information content (AvgIpc) is 3.74. The molecule has 2 saturated heterocycles. The van der Waals surface area contributed by atoms with Gasteiger partial charge in [-0.25, -0.2) is 0 Å². The van der Waals surface area contributed by atoms with Gasteiger partial charge in [0.2, 0.25) is 11.8 Å². The number of carbonyl (C=O) groups is 3. The largest absolute Gasteiger partial charge is 0.434 e. The number of hydrogen-bond acceptors (Lipinski definition) is 6. The Balaban J connectivity index is 1.44. The highest BCUT2D eigenvalue weighted by Crippen LogP contribution is 2.35. The van der Waals surface area contributed by atoms with Gasteiger partial charge < -0.3 is 30.6 Å². The van der Waals surface area contributed by atoms with Crippen LogP contribution in [0.3, 0.4) is 0 Å². The zero-order chi connectivity index (χ0) is 30.5. The number of benzene rings is 2. The van der Waals surface area contributed by atoms with Crippen LogP contribution in [-0.4, -0.2) is 72.0 Å². The normalized spacial score (nSPS) is 21.4. The third-order valence-corrected chi connectivity index (χ3v) is 8.20. The van der Waals surface area contributed by atoms with Gasteiger partial charge in [0.25, 0.3) is 5.91 Å². The Labute approximate surface area is 247 Å². The number of nitriles is 1. The van der Waals surface area contributed by atoms with Crippen molar-refractivity contribution in [2.75, 3.05) is 19.6 Å². The molecule has 226 valence electrons. The topological polar surface area (TPSA) is 139 Å². The standard InChI is InChI=1S/C31H34F2N6O4/c1-2-35-25(16-34)23(13-19-11-12-36-28(19)40)38-29(41)26-14-20(18-7-4-3-5-8-18)17-39(26)30(42)24-15-21-22(37-24)9-6-10-27(21)43-31(32)33/h3-10,15,19-20,23,25-26,31,35,37H,2,11-14,17H2,1H3,(H,36,40)(H,38,41)/t19-,20+,23-,25?,26-/m0/s1. The van der Waals surface area contributed by atoms with Crippen molar-refractivity contribution in [3.05, 3.63) is 65.9 Å². The summed E-state index contributed by atoms with van der Waals surface area (Å²) in [5, 5.41) is 19.1. The van der Waals surface area contributed by atoms with Gasteiger partial charge in [-0.1, -0.05) is 43.3 Å². The summed E-state index contributed by atoms with van der Waals surface area (Å²) in [5.74, 6) is -1.54. The Morgan fingerprint density at radius 3 is 2.65 bits per heavy atom. The minimum atomic E-state index is -3.03. The van der Waals surface area contributed by atoms with E-state index in [-0.39, 0.29) is 42.2 Å². The predicted octanol–water partition coefficient (Wildman–Crippen LogP) is 3.28. The zero-order valence-electron chi connectivity index (χ0n) is 23.7. The number of ether oxygens (including phenoxy) is 1. The SMILES string of the molecule is CCNC(C#N)[C@H](C[C@@H]1CCNC1=O)NC(=O)[C@@H]1C[C@@H](c2ccccc2)CN1C(=O)c1cc2c(OC(F)F)cccc2[nH]1. The van der Waals surface area contributed by atoms with Gasteiger partial charge >= 0.3 is 6.61 Å². The van der Waals surface area contributed by atoms with E-state index < -0.39 is 36.6 Å². The van der Waals surface area contributed by atoms with Crippen LogP contribution in [0, 0.1) is 17.2 Å². The second-order valence-electron chi connectivity index (χ2n) is 10.9. The van der Waals surface area contributed by atoms with Crippen LogP contribution in [-0.2, 0) is 9.59 Å². The Hall–Kier alpha value is -4.50. The van der Waals surface area contributed by atoms with Crippen molar-refractivity contribution in [3.63, 3.8) is 0 Å². The van der Waals surface area contributed by atoms with Crippen LogP contribution < -0.4 is 20.7 Å². The molecule has 4 N–H and O–H groups in total. The predicted molar refractivity (Wildman–Crippen MR) is 154 cm³/mol. The van der Waals surface area contributed by atoms with Crippen LogP contribution in [0.25, 0.3) is 10.9 Å². The Morgan fingerprint density at radius 1 is 1.19 bits per heavy atom. The number of likely N-dealkylation sites (tertiary alicyclic amines) is 1. The second-order valence-corrected chi connectivity index (χ2v) is 10.9. The molecule has 43 heavy (non-hydrogen) atoms. The number of carbonyl (C=O) groups excluding carboxylic acids is 3. The molecular formula is C31H34F2N6O4. The molecule has 2 fully saturated rings. The highest BCUT2D eigenvalue weighted by molar-refractivity contribution is 6.02. The van der Waals surface area contributed by atoms with Gasteiger partial charge in [0.1, 0.15) is 23.5 Å². The Kier molecular flexibility index (Phi) is 9.21. The van der Waals surface area contributed by atoms with E-state index in [2.05, 4.69) is 31.7 Å². The minimum Gasteiger partial charge on any atom is -0.434 e. The summed E-state index contributed by atoms with van der Waals surface area (Å²) in [6.07, 6.45) is 1.23. The summed E-state index contributed by atoms with van der Waals surface area (Å²) in [4.78, 5) is 44.7. The number of amides is 3. The molecule has 5 rings (SSSR count). The lowest BCUT2D eigenvalue weighted by Gasteiger charge is -2.29. The van der Waals surface area contributed by atoms with Crippen LogP contribution in [0.1, 0.15) is 48.2 Å². The first-order valence-electron chi connectivity index (χ1n) is 14.4. The van der Waals surface area contributed by atoms with Crippen molar-refractivity contribution in [2.45, 2.75) is 56.8 Å². The van der Waals surface area contributed by atoms with Gasteiger partial charge in [-0.05, 0) is 49.6 Å². The maximum absolute atomic E-state index is 13.9. The summed E-state index contributed by atoms with van der Waals surface area (Å²) in [7, 11) is 0. The van der Waals surface area contributed by atoms with Crippen molar-refractivity contribution >= 4 is 28.6 Å². The lowest BCUT2D eigenvalue weighted by Crippen LogP contribution is -2.55. The van der Waals surface area contributed by atoms with E-state index in [0.29, 0.717) is 36.8 Å². The van der Waals surface area contributed by atoms with Crippen LogP contribution >= 0.6 is 0 Å². The fourth-order valence-corrected chi connectivity index (χ4v) is 6.10. The third kappa shape index (κ3) is 6.62. The van der Waals surface area contributed by atoms with Gasteiger partial charge in [-0.15, -0.1) is 0 Å². The molecule has 2 aromatic carbocycles. The van der Waals surface area contributed by atoms with E-state index >= 15 is 0 Å². The van der Waals surface area contributed by atoms with Gasteiger partial charge in [0.05, 0.1) is 12.1 Å². The lowest BCUT2D eigenvalue weighted by molar-refractivity contribution is -0.127. The molecule has 2 aliphatic rings. The highest BCUT2D eigenvalue weighted by Gasteiger charge is 2.42. The summed E-state index contributed by atoms with van der Waals surface area (Å²) in [6, 6.07) is 15.6. The van der Waals surface area contributed by atoms with E-state index in [0.717, 1.165) is 5.56 Å². The highest BCUT2D eigenvalue weighted by atomic mass is 19.3. The molecule has 5 atom stereocenters. The third-order valence-electron chi connectivity index (χ3n) is 8.20. The lowest BCUT2D eigenvalue weighted by atomic mass is 9.93. The molecule has 0 radical (unpaired) electrons. The molecule has 0 spiro atoms. The molecule has 3 amide bonds. The first-order valence-corrected chi connectivity index (χ1v) is 14.4. The first-order chi connectivity index (χ1) is 20.8. The van der Waals surface area contributed by atoms with E-state index in [1.807, 2.05) is 37.3 Å². The van der Waals surface area contributed by atoms with E-state index in [9.17, 15) is 28.4 Å². The summed E-state index contributed by atoms with van der Waals surface area (Å²) >= 11 is 0. The number of nitrogens with one attached hydrogen (secondary N) is 4. The number of H-pyrrole nitrogens is 1. The fraction of sp³-hybridized carbons (Fsp3) is 0.419. The number of aromatic nitrogens is 1. The number of halogens is 2. The molecule has 0 saturated carbocycles. The molecular weight excluding hydrogens is 558 g/mol. The number of fused-ring (bicyclic) bond motifs is 1. The maximum atomic E-state index is 13.9. The molecule has 1 aromatic heterocycles. The van der Waals surface area contributed by atoms with Crippen LogP contribution in [0.15, 0.2) is 54.6 Å². The van der Waals surface area contributed by atoms with Gasteiger partial charge in [0.15, 0.2) is 0 Å². The Morgan fingerprint density at radius 2 is 1.98 bits per heavy atom. The van der Waals surface area contributed by atoms with Crippen molar-refractivity contribution < 1.29 is 27.9 Å². The van der Waals surface area contributed by atoms with Gasteiger partial charge in [-0.3, -0.25) is 14.4 Å². The van der Waals surface area contributed by atoms with Gasteiger partial charge in [-0.2, -0.15) is 14.0 Å². The molecule has 3 heterocycles. The van der Waals surface area contributed by atoms with E-state index in [4.69, 9.17) is 0 Å². The molecule has 1 unspecified atom stereocenters. The van der Waals surface area contributed by atoms with Crippen molar-refractivity contribution in [1.29, 1.82) is 5.26 Å². The van der Waals surface area contributed by atoms with Crippen molar-refractivity contribution in [2.24, 2.45) is 5.92 Å². The zero-order valence-corrected chi connectivity index (χ0v) is 23.7. The fourth-order valence-electron chi connectivity index (χ4n) is 6.10. The number of alkyl halides is 2. The molecule has 0 bridgehead atoms. The average molecular weight is 593 g/mol. The number of hydrogen-bond donors (Lipinski definition) is 4. The van der Waals surface area contributed by atoms with Crippen molar-refractivity contribution in [3.8, 4) is 11.8 Å². The number of likely N-dealkylation sites (N-methyl/N-ethyl adjacent to an activating group) is 1. The monoisotopic (exact) mass is 592 g/mol. The summed E-state index contributed by atoms with van der Waals surface area (Å²) in [5.41, 5.74) is 1.55. The number of aromatic amines is 1. The van der Waals surface area contributed by atoms with E-state index in [1.165, 1.54) is 17.0 Å². The van der Waals surface area contributed by atoms with Gasteiger partial charge in [0, 0.05) is 35.8 Å². The molecule has 0 aliphatic carbocycles. The minimum absolute atomic E-state index is 0.0644. The molecule has 12 heteroatoms. The summed E-state index contributed by atoms with van der Waals surface area (Å²) in [6.45, 7) is 0.108. The summed E-state index contributed by atoms with van der Waals surface area (Å²) < 4.78 is 30.6. The number of rotatable bonds is 11. The first kappa shape index (κ1) is 30.0. The number of nitrogens with zero attached hydrogens (tertiary/aromatic N) is 2. The molecule has 3 aromatic rings. The quantitative estimate of drug-likeness (QED) is 0.270. The van der Waals surface area contributed by atoms with Crippen LogP contribution in [0.2, 0.25) is 0 Å². The molecule has 2 aliphatic heterocycles. The smallest absolute Gasteiger partial charge is 0.387 e. The second kappa shape index (κ2) is 13.2. The Bertz CT molecular complexity index is 1510. The van der Waals surface area contributed by atoms with Crippen molar-refractivity contribution in [1.82, 2.24) is 25.8 Å².